The van der Waals surface area contributed by atoms with Crippen molar-refractivity contribution in [1.82, 2.24) is 0 Å². The maximum absolute atomic E-state index is 12.1. The predicted molar refractivity (Wildman–Crippen MR) is 112 cm³/mol. The van der Waals surface area contributed by atoms with Crippen molar-refractivity contribution in [1.29, 1.82) is 0 Å². The molecule has 3 heteroatoms. The minimum Gasteiger partial charge on any atom is -0.396 e. The Kier molecular flexibility index (Phi) is 4.57. The smallest absolute Gasteiger partial charge is 0.128 e. The second kappa shape index (κ2) is 6.28. The number of carbonyl (C=O) groups is 1. The van der Waals surface area contributed by atoms with Gasteiger partial charge in [-0.3, -0.25) is 0 Å². The second-order valence-electron chi connectivity index (χ2n) is 11.2. The molecule has 0 amide bonds. The predicted octanol–water partition coefficient (Wildman–Crippen LogP) is 4.68. The van der Waals surface area contributed by atoms with Crippen molar-refractivity contribution >= 4 is 6.29 Å². The van der Waals surface area contributed by atoms with Crippen LogP contribution in [-0.2, 0) is 4.79 Å². The number of fused-ring (bicyclic) bond motifs is 5. The second-order valence-corrected chi connectivity index (χ2v) is 11.2. The Bertz CT molecular complexity index is 738. The molecular formula is C25H38O3. The minimum absolute atomic E-state index is 0.0377. The summed E-state index contributed by atoms with van der Waals surface area (Å²) in [5, 5.41) is 20.5. The fraction of sp³-hybridized carbons (Fsp3) is 0.800. The van der Waals surface area contributed by atoms with Gasteiger partial charge in [0.1, 0.15) is 6.29 Å². The lowest BCUT2D eigenvalue weighted by Gasteiger charge is -2.60. The molecule has 4 aliphatic carbocycles. The van der Waals surface area contributed by atoms with Gasteiger partial charge in [0.25, 0.3) is 0 Å². The van der Waals surface area contributed by atoms with E-state index >= 15 is 0 Å². The van der Waals surface area contributed by atoms with Gasteiger partial charge in [-0.25, -0.2) is 0 Å². The third kappa shape index (κ3) is 2.27. The summed E-state index contributed by atoms with van der Waals surface area (Å²) in [5.74, 6) is 1.04. The number of carbonyl (C=O) groups excluding carboxylic acids is 1. The summed E-state index contributed by atoms with van der Waals surface area (Å²) in [6, 6.07) is 0. The molecule has 3 nitrogen and oxygen atoms in total. The quantitative estimate of drug-likeness (QED) is 0.693. The highest BCUT2D eigenvalue weighted by atomic mass is 16.3. The summed E-state index contributed by atoms with van der Waals surface area (Å²) in [5.41, 5.74) is 2.58. The van der Waals surface area contributed by atoms with E-state index in [1.807, 2.05) is 6.92 Å². The van der Waals surface area contributed by atoms with E-state index in [1.165, 1.54) is 24.0 Å². The molecule has 4 rings (SSSR count). The molecule has 2 saturated carbocycles. The molecule has 0 heterocycles. The van der Waals surface area contributed by atoms with Crippen LogP contribution in [0.5, 0.6) is 0 Å². The van der Waals surface area contributed by atoms with Crippen molar-refractivity contribution < 1.29 is 15.0 Å². The van der Waals surface area contributed by atoms with Crippen LogP contribution in [0.1, 0.15) is 73.1 Å². The summed E-state index contributed by atoms with van der Waals surface area (Å²) >= 11 is 0. The highest BCUT2D eigenvalue weighted by Crippen LogP contribution is 2.71. The van der Waals surface area contributed by atoms with Crippen LogP contribution in [0.25, 0.3) is 0 Å². The SMILES string of the molecule is C[C@H](CO)[C@H]1CC[C@@]2(C)C3=CC[C@H]4[C@@](C)(C=O)[C@H](O)CC[C@]4(C)C3=CC[C@]12C. The Morgan fingerprint density at radius 3 is 2.50 bits per heavy atom. The Labute approximate surface area is 170 Å². The largest absolute Gasteiger partial charge is 0.396 e. The van der Waals surface area contributed by atoms with Crippen molar-refractivity contribution in [3.63, 3.8) is 0 Å². The third-order valence-electron chi connectivity index (χ3n) is 10.2. The Hall–Kier alpha value is -0.930. The fourth-order valence-corrected chi connectivity index (χ4v) is 7.99. The average molecular weight is 387 g/mol. The molecular weight excluding hydrogens is 348 g/mol. The molecule has 0 aromatic heterocycles. The maximum Gasteiger partial charge on any atom is 0.128 e. The molecule has 0 aliphatic heterocycles. The first-order valence-electron chi connectivity index (χ1n) is 11.3. The zero-order chi connectivity index (χ0) is 20.5. The van der Waals surface area contributed by atoms with E-state index < -0.39 is 11.5 Å². The van der Waals surface area contributed by atoms with Gasteiger partial charge in [-0.2, -0.15) is 0 Å². The van der Waals surface area contributed by atoms with Crippen LogP contribution in [-0.4, -0.2) is 29.2 Å². The molecule has 0 radical (unpaired) electrons. The van der Waals surface area contributed by atoms with Crippen LogP contribution in [0.3, 0.4) is 0 Å². The van der Waals surface area contributed by atoms with E-state index in [9.17, 15) is 15.0 Å². The number of rotatable bonds is 3. The molecule has 0 saturated heterocycles. The fourth-order valence-electron chi connectivity index (χ4n) is 7.99. The Balaban J connectivity index is 1.80. The first kappa shape index (κ1) is 20.3. The van der Waals surface area contributed by atoms with Gasteiger partial charge in [-0.15, -0.1) is 0 Å². The van der Waals surface area contributed by atoms with Crippen molar-refractivity contribution in [3.8, 4) is 0 Å². The van der Waals surface area contributed by atoms with Gasteiger partial charge in [0, 0.05) is 6.61 Å². The van der Waals surface area contributed by atoms with Crippen LogP contribution in [0.2, 0.25) is 0 Å². The molecule has 0 aromatic rings. The summed E-state index contributed by atoms with van der Waals surface area (Å²) in [4.78, 5) is 12.1. The number of hydrogen-bond acceptors (Lipinski definition) is 3. The average Bonchev–Trinajstić information content (AvgIpc) is 2.96. The number of aliphatic hydroxyl groups excluding tert-OH is 2. The van der Waals surface area contributed by atoms with Crippen molar-refractivity contribution in [2.24, 2.45) is 39.4 Å². The number of hydrogen-bond donors (Lipinski definition) is 2. The molecule has 4 aliphatic rings. The van der Waals surface area contributed by atoms with E-state index in [0.29, 0.717) is 18.3 Å². The summed E-state index contributed by atoms with van der Waals surface area (Å²) < 4.78 is 0. The highest BCUT2D eigenvalue weighted by Gasteiger charge is 2.63. The van der Waals surface area contributed by atoms with Gasteiger partial charge < -0.3 is 15.0 Å². The van der Waals surface area contributed by atoms with Crippen LogP contribution in [0, 0.1) is 39.4 Å². The lowest BCUT2D eigenvalue weighted by atomic mass is 9.44. The molecule has 0 aromatic carbocycles. The van der Waals surface area contributed by atoms with Crippen molar-refractivity contribution in [3.05, 3.63) is 23.3 Å². The molecule has 8 atom stereocenters. The Morgan fingerprint density at radius 1 is 1.14 bits per heavy atom. The monoisotopic (exact) mass is 386 g/mol. The zero-order valence-electron chi connectivity index (χ0n) is 18.3. The molecule has 0 unspecified atom stereocenters. The summed E-state index contributed by atoms with van der Waals surface area (Å²) in [6.45, 7) is 11.7. The number of aldehydes is 1. The lowest BCUT2D eigenvalue weighted by Crippen LogP contribution is -2.56. The Morgan fingerprint density at radius 2 is 1.86 bits per heavy atom. The van der Waals surface area contributed by atoms with Crippen LogP contribution in [0.4, 0.5) is 0 Å². The standard InChI is InChI=1S/C25H38O3/c1-16(14-26)17-8-12-25(5)19-6-7-20-22(2,18(19)9-13-24(17,25)4)11-10-21(28)23(20,3)15-27/h6,9,15-17,20-21,26,28H,7-8,10-14H2,1-5H3/t16-,17-,20-,21-,22-,23-,24-,25+/m1/s1. The van der Waals surface area contributed by atoms with E-state index in [2.05, 4.69) is 39.8 Å². The number of aliphatic hydroxyl groups is 2. The van der Waals surface area contributed by atoms with Gasteiger partial charge in [0.15, 0.2) is 0 Å². The van der Waals surface area contributed by atoms with Gasteiger partial charge in [0.2, 0.25) is 0 Å². The molecule has 28 heavy (non-hydrogen) atoms. The lowest BCUT2D eigenvalue weighted by molar-refractivity contribution is -0.139. The summed E-state index contributed by atoms with van der Waals surface area (Å²) in [6.07, 6.45) is 11.3. The van der Waals surface area contributed by atoms with Gasteiger partial charge in [-0.1, -0.05) is 46.8 Å². The van der Waals surface area contributed by atoms with Gasteiger partial charge >= 0.3 is 0 Å². The number of allylic oxidation sites excluding steroid dienone is 4. The molecule has 0 bridgehead atoms. The zero-order valence-corrected chi connectivity index (χ0v) is 18.3. The van der Waals surface area contributed by atoms with Crippen LogP contribution < -0.4 is 0 Å². The maximum atomic E-state index is 12.1. The normalized spacial score (nSPS) is 51.3. The van der Waals surface area contributed by atoms with Gasteiger partial charge in [-0.05, 0) is 83.7 Å². The topological polar surface area (TPSA) is 57.5 Å². The third-order valence-corrected chi connectivity index (χ3v) is 10.2. The van der Waals surface area contributed by atoms with Crippen LogP contribution >= 0.6 is 0 Å². The molecule has 2 N–H and O–H groups in total. The van der Waals surface area contributed by atoms with Crippen molar-refractivity contribution in [2.45, 2.75) is 79.2 Å². The molecule has 2 fully saturated rings. The minimum atomic E-state index is -0.666. The molecule has 156 valence electrons. The van der Waals surface area contributed by atoms with E-state index in [-0.39, 0.29) is 28.8 Å². The highest BCUT2D eigenvalue weighted by molar-refractivity contribution is 5.63. The molecule has 0 spiro atoms. The first-order valence-corrected chi connectivity index (χ1v) is 11.3. The van der Waals surface area contributed by atoms with Gasteiger partial charge in [0.05, 0.1) is 11.5 Å². The van der Waals surface area contributed by atoms with Crippen LogP contribution in [0.15, 0.2) is 23.3 Å². The van der Waals surface area contributed by atoms with Crippen molar-refractivity contribution in [2.75, 3.05) is 6.61 Å². The summed E-state index contributed by atoms with van der Waals surface area (Å²) in [7, 11) is 0. The van der Waals surface area contributed by atoms with E-state index in [0.717, 1.165) is 25.5 Å². The van der Waals surface area contributed by atoms with E-state index in [4.69, 9.17) is 0 Å². The van der Waals surface area contributed by atoms with E-state index in [1.54, 1.807) is 0 Å². The first-order chi connectivity index (χ1) is 13.1.